The lowest BCUT2D eigenvalue weighted by atomic mass is 10.1. The van der Waals surface area contributed by atoms with E-state index >= 15 is 0 Å². The quantitative estimate of drug-likeness (QED) is 0.491. The van der Waals surface area contributed by atoms with E-state index in [2.05, 4.69) is 10.6 Å². The van der Waals surface area contributed by atoms with Crippen molar-refractivity contribution in [2.45, 2.75) is 12.5 Å². The maximum atomic E-state index is 14.0. The number of halogens is 1. The van der Waals surface area contributed by atoms with Crippen LogP contribution in [0.4, 0.5) is 4.39 Å². The second-order valence-corrected chi connectivity index (χ2v) is 6.95. The molecule has 0 heterocycles. The molecule has 0 spiro atoms. The normalized spacial score (nSPS) is 12.1. The Hall–Kier alpha value is -3.77. The summed E-state index contributed by atoms with van der Waals surface area (Å²) in [6, 6.07) is 23.4. The number of hydrogen-bond donors (Lipinski definition) is 3. The van der Waals surface area contributed by atoms with E-state index in [1.165, 1.54) is 24.3 Å². The molecule has 3 aromatic carbocycles. The van der Waals surface area contributed by atoms with E-state index < -0.39 is 23.7 Å². The highest BCUT2D eigenvalue weighted by Gasteiger charge is 2.20. The predicted octanol–water partition coefficient (Wildman–Crippen LogP) is 3.32. The van der Waals surface area contributed by atoms with Crippen molar-refractivity contribution in [3.63, 3.8) is 0 Å². The van der Waals surface area contributed by atoms with Gasteiger partial charge in [0.25, 0.3) is 11.8 Å². The molecule has 5 nitrogen and oxygen atoms in total. The van der Waals surface area contributed by atoms with Crippen LogP contribution in [0.15, 0.2) is 90.6 Å². The highest BCUT2D eigenvalue weighted by atomic mass is 19.1. The Kier molecular flexibility index (Phi) is 7.67. The van der Waals surface area contributed by atoms with Crippen molar-refractivity contribution >= 4 is 17.9 Å². The smallest absolute Gasteiger partial charge is 0.268 e. The Morgan fingerprint density at radius 3 is 2.16 bits per heavy atom. The molecule has 0 aliphatic rings. The Bertz CT molecular complexity index is 1050. The van der Waals surface area contributed by atoms with Crippen molar-refractivity contribution in [1.29, 1.82) is 0 Å². The molecular formula is C25H23FN2O3. The number of hydrogen-bond acceptors (Lipinski definition) is 3. The van der Waals surface area contributed by atoms with E-state index in [-0.39, 0.29) is 17.9 Å². The van der Waals surface area contributed by atoms with Crippen LogP contribution in [0.3, 0.4) is 0 Å². The average molecular weight is 418 g/mol. The Morgan fingerprint density at radius 1 is 0.903 bits per heavy atom. The number of carbonyl (C=O) groups is 2. The maximum Gasteiger partial charge on any atom is 0.268 e. The van der Waals surface area contributed by atoms with Crippen LogP contribution in [0.1, 0.15) is 21.5 Å². The predicted molar refractivity (Wildman–Crippen MR) is 117 cm³/mol. The molecule has 0 unspecified atom stereocenters. The fraction of sp³-hybridized carbons (Fsp3) is 0.120. The number of aliphatic hydroxyl groups is 1. The second-order valence-electron chi connectivity index (χ2n) is 6.95. The summed E-state index contributed by atoms with van der Waals surface area (Å²) in [5, 5.41) is 15.0. The van der Waals surface area contributed by atoms with Crippen molar-refractivity contribution in [3.8, 4) is 0 Å². The van der Waals surface area contributed by atoms with Gasteiger partial charge >= 0.3 is 0 Å². The summed E-state index contributed by atoms with van der Waals surface area (Å²) in [6.07, 6.45) is 1.92. The Balaban J connectivity index is 1.81. The Morgan fingerprint density at radius 2 is 1.52 bits per heavy atom. The van der Waals surface area contributed by atoms with Gasteiger partial charge in [-0.25, -0.2) is 4.39 Å². The number of aliphatic hydroxyl groups excluding tert-OH is 1. The van der Waals surface area contributed by atoms with Gasteiger partial charge in [0.05, 0.1) is 18.2 Å². The molecule has 0 aliphatic heterocycles. The van der Waals surface area contributed by atoms with Gasteiger partial charge in [-0.3, -0.25) is 9.59 Å². The lowest BCUT2D eigenvalue weighted by Gasteiger charge is -2.18. The molecular weight excluding hydrogens is 395 g/mol. The van der Waals surface area contributed by atoms with Gasteiger partial charge in [0.2, 0.25) is 0 Å². The van der Waals surface area contributed by atoms with Crippen molar-refractivity contribution in [2.75, 3.05) is 6.61 Å². The standard InChI is InChI=1S/C25H23FN2O3/c26-22-14-8-7-13-21(22)24(30)28-23(16-19-11-5-2-6-12-19)25(31)27-20(17-29)15-18-9-3-1-4-10-18/h1-14,16,20,29H,15,17H2,(H,27,31)(H,28,30)/b23-16+/t20-/m0/s1. The van der Waals surface area contributed by atoms with E-state index in [1.807, 2.05) is 36.4 Å². The zero-order valence-electron chi connectivity index (χ0n) is 16.8. The summed E-state index contributed by atoms with van der Waals surface area (Å²) in [7, 11) is 0. The van der Waals surface area contributed by atoms with Crippen LogP contribution in [0.2, 0.25) is 0 Å². The van der Waals surface area contributed by atoms with Crippen LogP contribution >= 0.6 is 0 Å². The zero-order valence-corrected chi connectivity index (χ0v) is 16.8. The first kappa shape index (κ1) is 21.9. The van der Waals surface area contributed by atoms with Gasteiger partial charge in [0.15, 0.2) is 0 Å². The maximum absolute atomic E-state index is 14.0. The fourth-order valence-electron chi connectivity index (χ4n) is 3.03. The molecule has 158 valence electrons. The molecule has 31 heavy (non-hydrogen) atoms. The molecule has 0 fully saturated rings. The minimum absolute atomic E-state index is 0.0500. The van der Waals surface area contributed by atoms with Crippen molar-refractivity contribution in [2.24, 2.45) is 0 Å². The molecule has 0 radical (unpaired) electrons. The lowest BCUT2D eigenvalue weighted by Crippen LogP contribution is -2.43. The van der Waals surface area contributed by atoms with Gasteiger partial charge in [-0.05, 0) is 35.8 Å². The van der Waals surface area contributed by atoms with Crippen LogP contribution in [0, 0.1) is 5.82 Å². The molecule has 0 saturated heterocycles. The van der Waals surface area contributed by atoms with Gasteiger partial charge in [0.1, 0.15) is 11.5 Å². The van der Waals surface area contributed by atoms with Crippen molar-refractivity contribution in [3.05, 3.63) is 113 Å². The summed E-state index contributed by atoms with van der Waals surface area (Å²) in [4.78, 5) is 25.6. The highest BCUT2D eigenvalue weighted by molar-refractivity contribution is 6.05. The van der Waals surface area contributed by atoms with E-state index in [0.717, 1.165) is 5.56 Å². The van der Waals surface area contributed by atoms with Gasteiger partial charge in [-0.15, -0.1) is 0 Å². The first-order chi connectivity index (χ1) is 15.1. The summed E-state index contributed by atoms with van der Waals surface area (Å²) in [5.41, 5.74) is 1.42. The van der Waals surface area contributed by atoms with E-state index in [0.29, 0.717) is 12.0 Å². The van der Waals surface area contributed by atoms with Gasteiger partial charge in [-0.2, -0.15) is 0 Å². The van der Waals surface area contributed by atoms with E-state index in [4.69, 9.17) is 0 Å². The number of rotatable bonds is 8. The first-order valence-electron chi connectivity index (χ1n) is 9.85. The molecule has 0 aromatic heterocycles. The van der Waals surface area contributed by atoms with Crippen LogP contribution in [-0.4, -0.2) is 29.6 Å². The molecule has 3 aromatic rings. The zero-order chi connectivity index (χ0) is 22.1. The largest absolute Gasteiger partial charge is 0.394 e. The van der Waals surface area contributed by atoms with Crippen LogP contribution in [0.25, 0.3) is 6.08 Å². The highest BCUT2D eigenvalue weighted by Crippen LogP contribution is 2.10. The first-order valence-corrected chi connectivity index (χ1v) is 9.85. The molecule has 3 rings (SSSR count). The molecule has 0 aliphatic carbocycles. The third kappa shape index (κ3) is 6.35. The summed E-state index contributed by atoms with van der Waals surface area (Å²) >= 11 is 0. The topological polar surface area (TPSA) is 78.4 Å². The number of benzene rings is 3. The minimum Gasteiger partial charge on any atom is -0.394 e. The van der Waals surface area contributed by atoms with Crippen LogP contribution < -0.4 is 10.6 Å². The van der Waals surface area contributed by atoms with Crippen LogP contribution in [-0.2, 0) is 11.2 Å². The average Bonchev–Trinajstić information content (AvgIpc) is 2.79. The van der Waals surface area contributed by atoms with Gasteiger partial charge in [0, 0.05) is 0 Å². The minimum atomic E-state index is -0.737. The molecule has 0 bridgehead atoms. The van der Waals surface area contributed by atoms with Crippen LogP contribution in [0.5, 0.6) is 0 Å². The second kappa shape index (κ2) is 10.8. The summed E-state index contributed by atoms with van der Waals surface area (Å²) < 4.78 is 14.0. The molecule has 0 saturated carbocycles. The summed E-state index contributed by atoms with van der Waals surface area (Å²) in [5.74, 6) is -2.00. The van der Waals surface area contributed by atoms with E-state index in [1.54, 1.807) is 30.3 Å². The lowest BCUT2D eigenvalue weighted by molar-refractivity contribution is -0.118. The third-order valence-electron chi connectivity index (χ3n) is 4.60. The van der Waals surface area contributed by atoms with E-state index in [9.17, 15) is 19.1 Å². The molecule has 3 N–H and O–H groups in total. The summed E-state index contributed by atoms with van der Waals surface area (Å²) in [6.45, 7) is -0.277. The number of amides is 2. The molecule has 6 heteroatoms. The van der Waals surface area contributed by atoms with Crippen molar-refractivity contribution < 1.29 is 19.1 Å². The van der Waals surface area contributed by atoms with Crippen molar-refractivity contribution in [1.82, 2.24) is 10.6 Å². The fourth-order valence-corrected chi connectivity index (χ4v) is 3.03. The molecule has 1 atom stereocenters. The van der Waals surface area contributed by atoms with Gasteiger partial charge in [-0.1, -0.05) is 72.8 Å². The third-order valence-corrected chi connectivity index (χ3v) is 4.60. The molecule has 2 amide bonds. The van der Waals surface area contributed by atoms with Gasteiger partial charge < -0.3 is 15.7 Å². The number of nitrogens with one attached hydrogen (secondary N) is 2. The Labute approximate surface area is 180 Å². The monoisotopic (exact) mass is 418 g/mol. The SMILES string of the molecule is O=C(N[C@H](CO)Cc1ccccc1)/C(=C\c1ccccc1)NC(=O)c1ccccc1F. The number of carbonyl (C=O) groups excluding carboxylic acids is 2.